The Balaban J connectivity index is 3.35. The third-order valence-electron chi connectivity index (χ3n) is 6.46. The Hall–Kier alpha value is -0.800. The van der Waals surface area contributed by atoms with Gasteiger partial charge < -0.3 is 13.5 Å². The average Bonchev–Trinajstić information content (AvgIpc) is 2.66. The summed E-state index contributed by atoms with van der Waals surface area (Å²) in [5, 5.41) is 0. The van der Waals surface area contributed by atoms with E-state index in [0.29, 0.717) is 0 Å². The molecule has 0 fully saturated rings. The maximum atomic E-state index is 2.59. The molecule has 0 radical (unpaired) electrons. The monoisotopic (exact) mass is 351 g/mol. The highest BCUT2D eigenvalue weighted by atomic mass is 15.4. The Bertz CT molecular complexity index is 539. The molecule has 0 aliphatic carbocycles. The zero-order chi connectivity index (χ0) is 20.1. The Kier molecular flexibility index (Phi) is 5.71. The lowest BCUT2D eigenvalue weighted by Gasteiger charge is -2.44. The van der Waals surface area contributed by atoms with E-state index in [4.69, 9.17) is 0 Å². The molecule has 1 aromatic rings. The van der Waals surface area contributed by atoms with Crippen LogP contribution in [0.4, 0.5) is 0 Å². The van der Waals surface area contributed by atoms with E-state index >= 15 is 0 Å². The Morgan fingerprint density at radius 3 is 1.12 bits per heavy atom. The van der Waals surface area contributed by atoms with Crippen molar-refractivity contribution >= 4 is 0 Å². The molecule has 1 heterocycles. The predicted octanol–water partition coefficient (Wildman–Crippen LogP) is 4.99. The van der Waals surface area contributed by atoms with Crippen LogP contribution in [0.25, 0.3) is 0 Å². The molecule has 0 unspecified atom stereocenters. The number of hydrogen-bond acceptors (Lipinski definition) is 0. The minimum Gasteiger partial charge on any atom is -0.334 e. The average molecular weight is 352 g/mol. The molecule has 146 valence electrons. The van der Waals surface area contributed by atoms with Crippen molar-refractivity contribution in [3.63, 3.8) is 0 Å². The van der Waals surface area contributed by atoms with Gasteiger partial charge in [0.25, 0.3) is 0 Å². The maximum Gasteiger partial charge on any atom is 0.120 e. The molecule has 0 saturated heterocycles. The fraction of sp³-hybridized carbons (Fsp3) is 0.818. The first-order valence-corrected chi connectivity index (χ1v) is 9.66. The van der Waals surface area contributed by atoms with Crippen LogP contribution in [0.3, 0.4) is 0 Å². The SMILES string of the molecule is CC(C)(C)n1c(C[N+](C)(C)C(C)(C)C)ccc1C[N+](C)(C)C(C)(C)C. The van der Waals surface area contributed by atoms with E-state index < -0.39 is 0 Å². The number of aromatic nitrogens is 1. The fourth-order valence-electron chi connectivity index (χ4n) is 2.92. The molecule has 0 aliphatic heterocycles. The molecule has 0 saturated carbocycles. The number of rotatable bonds is 4. The lowest BCUT2D eigenvalue weighted by Crippen LogP contribution is -2.54. The van der Waals surface area contributed by atoms with Gasteiger partial charge in [0.15, 0.2) is 0 Å². The second-order valence-electron chi connectivity index (χ2n) is 11.9. The van der Waals surface area contributed by atoms with Gasteiger partial charge in [-0.05, 0) is 74.4 Å². The van der Waals surface area contributed by atoms with Crippen LogP contribution in [0.5, 0.6) is 0 Å². The van der Waals surface area contributed by atoms with Crippen molar-refractivity contribution in [3.8, 4) is 0 Å². The van der Waals surface area contributed by atoms with Crippen LogP contribution in [0.15, 0.2) is 12.1 Å². The molecule has 0 aliphatic rings. The molecule has 0 N–H and O–H groups in total. The van der Waals surface area contributed by atoms with Crippen LogP contribution in [0.1, 0.15) is 73.7 Å². The Labute approximate surface area is 157 Å². The highest BCUT2D eigenvalue weighted by Crippen LogP contribution is 2.31. The quantitative estimate of drug-likeness (QED) is 0.673. The van der Waals surface area contributed by atoms with Gasteiger partial charge in [-0.3, -0.25) is 0 Å². The summed E-state index contributed by atoms with van der Waals surface area (Å²) in [4.78, 5) is 0. The van der Waals surface area contributed by atoms with Crippen LogP contribution in [0.2, 0.25) is 0 Å². The van der Waals surface area contributed by atoms with Crippen molar-refractivity contribution in [2.24, 2.45) is 0 Å². The first-order valence-electron chi connectivity index (χ1n) is 9.66. The van der Waals surface area contributed by atoms with Crippen molar-refractivity contribution in [3.05, 3.63) is 23.5 Å². The smallest absolute Gasteiger partial charge is 0.120 e. The molecule has 3 heteroatoms. The highest BCUT2D eigenvalue weighted by Gasteiger charge is 2.36. The first-order chi connectivity index (χ1) is 10.8. The van der Waals surface area contributed by atoms with Gasteiger partial charge >= 0.3 is 0 Å². The zero-order valence-electron chi connectivity index (χ0n) is 19.4. The summed E-state index contributed by atoms with van der Waals surface area (Å²) in [5.41, 5.74) is 3.40. The zero-order valence-corrected chi connectivity index (χ0v) is 19.4. The van der Waals surface area contributed by atoms with Gasteiger partial charge in [-0.15, -0.1) is 0 Å². The van der Waals surface area contributed by atoms with Crippen molar-refractivity contribution in [1.82, 2.24) is 4.57 Å². The van der Waals surface area contributed by atoms with Crippen LogP contribution >= 0.6 is 0 Å². The van der Waals surface area contributed by atoms with E-state index in [1.54, 1.807) is 0 Å². The van der Waals surface area contributed by atoms with Crippen molar-refractivity contribution in [1.29, 1.82) is 0 Å². The third kappa shape index (κ3) is 4.89. The van der Waals surface area contributed by atoms with Crippen molar-refractivity contribution in [2.45, 2.75) is 92.0 Å². The predicted molar refractivity (Wildman–Crippen MR) is 111 cm³/mol. The summed E-state index contributed by atoms with van der Waals surface area (Å²) in [6.07, 6.45) is 0. The van der Waals surface area contributed by atoms with Crippen molar-refractivity contribution in [2.75, 3.05) is 28.2 Å². The lowest BCUT2D eigenvalue weighted by atomic mass is 10.0. The molecule has 0 bridgehead atoms. The Morgan fingerprint density at radius 2 is 0.920 bits per heavy atom. The van der Waals surface area contributed by atoms with Gasteiger partial charge in [-0.25, -0.2) is 0 Å². The summed E-state index contributed by atoms with van der Waals surface area (Å²) >= 11 is 0. The number of nitrogens with zero attached hydrogens (tertiary/aromatic N) is 3. The second kappa shape index (κ2) is 6.42. The largest absolute Gasteiger partial charge is 0.334 e. The van der Waals surface area contributed by atoms with Crippen LogP contribution in [-0.2, 0) is 18.6 Å². The minimum atomic E-state index is 0.0872. The van der Waals surface area contributed by atoms with Gasteiger partial charge in [0.2, 0.25) is 0 Å². The minimum absolute atomic E-state index is 0.0872. The first kappa shape index (κ1) is 22.2. The molecule has 0 amide bonds. The van der Waals surface area contributed by atoms with E-state index in [2.05, 4.69) is 107 Å². The van der Waals surface area contributed by atoms with Gasteiger partial charge in [0, 0.05) is 5.54 Å². The lowest BCUT2D eigenvalue weighted by molar-refractivity contribution is -0.949. The number of hydrogen-bond donors (Lipinski definition) is 0. The van der Waals surface area contributed by atoms with E-state index in [-0.39, 0.29) is 16.6 Å². The second-order valence-corrected chi connectivity index (χ2v) is 11.9. The van der Waals surface area contributed by atoms with Gasteiger partial charge in [-0.1, -0.05) is 0 Å². The van der Waals surface area contributed by atoms with Crippen molar-refractivity contribution < 1.29 is 8.97 Å². The molecule has 25 heavy (non-hydrogen) atoms. The normalized spacial score (nSPS) is 14.9. The van der Waals surface area contributed by atoms with Crippen LogP contribution < -0.4 is 0 Å². The third-order valence-corrected chi connectivity index (χ3v) is 6.46. The molecule has 3 nitrogen and oxygen atoms in total. The Morgan fingerprint density at radius 1 is 0.640 bits per heavy atom. The summed E-state index contributed by atoms with van der Waals surface area (Å²) in [6.45, 7) is 23.1. The van der Waals surface area contributed by atoms with Gasteiger partial charge in [0.05, 0.1) is 50.7 Å². The van der Waals surface area contributed by atoms with E-state index in [0.717, 1.165) is 22.1 Å². The molecule has 0 spiro atoms. The maximum absolute atomic E-state index is 2.59. The summed E-state index contributed by atoms with van der Waals surface area (Å²) in [6, 6.07) is 4.71. The summed E-state index contributed by atoms with van der Waals surface area (Å²) in [7, 11) is 9.37. The topological polar surface area (TPSA) is 4.93 Å². The van der Waals surface area contributed by atoms with Crippen LogP contribution in [-0.4, -0.2) is 52.8 Å². The molecule has 0 atom stereocenters. The van der Waals surface area contributed by atoms with E-state index in [1.807, 2.05) is 0 Å². The molecular formula is C22H45N3+2. The van der Waals surface area contributed by atoms with Gasteiger partial charge in [0.1, 0.15) is 13.1 Å². The fourth-order valence-corrected chi connectivity index (χ4v) is 2.92. The molecule has 1 rings (SSSR count). The standard InChI is InChI=1S/C22H45N3/c1-20(2,3)23-18(16-24(10,11)21(4,5)6)14-15-19(23)17-25(12,13)22(7,8)9/h14-15H,16-17H2,1-13H3/q+2. The van der Waals surface area contributed by atoms with Crippen LogP contribution in [0, 0.1) is 0 Å². The summed E-state index contributed by atoms with van der Waals surface area (Å²) < 4.78 is 4.54. The number of quaternary nitrogens is 2. The van der Waals surface area contributed by atoms with E-state index in [9.17, 15) is 0 Å². The van der Waals surface area contributed by atoms with Gasteiger partial charge in [-0.2, -0.15) is 0 Å². The molecule has 0 aromatic carbocycles. The highest BCUT2D eigenvalue weighted by molar-refractivity contribution is 5.18. The summed E-state index contributed by atoms with van der Waals surface area (Å²) in [5.74, 6) is 0. The molecule has 1 aromatic heterocycles. The van der Waals surface area contributed by atoms with E-state index in [1.165, 1.54) is 11.4 Å². The molecular weight excluding hydrogens is 306 g/mol.